The fourth-order valence-electron chi connectivity index (χ4n) is 2.68. The SMILES string of the molecule is CCCOc1cc(C)nc(OCC2CCCC2CN)n1. The zero-order valence-corrected chi connectivity index (χ0v) is 12.5. The van der Waals surface area contributed by atoms with E-state index in [0.717, 1.165) is 18.7 Å². The Morgan fingerprint density at radius 2 is 2.05 bits per heavy atom. The molecule has 112 valence electrons. The number of hydrogen-bond donors (Lipinski definition) is 1. The average Bonchev–Trinajstić information content (AvgIpc) is 2.90. The number of nitrogens with zero attached hydrogens (tertiary/aromatic N) is 2. The lowest BCUT2D eigenvalue weighted by atomic mass is 9.97. The van der Waals surface area contributed by atoms with Crippen LogP contribution in [0, 0.1) is 18.8 Å². The van der Waals surface area contributed by atoms with Crippen LogP contribution in [-0.4, -0.2) is 29.7 Å². The first-order chi connectivity index (χ1) is 9.72. The van der Waals surface area contributed by atoms with Gasteiger partial charge < -0.3 is 15.2 Å². The van der Waals surface area contributed by atoms with Crippen LogP contribution in [0.4, 0.5) is 0 Å². The number of nitrogens with two attached hydrogens (primary N) is 1. The zero-order chi connectivity index (χ0) is 14.4. The normalized spacial score (nSPS) is 21.9. The van der Waals surface area contributed by atoms with E-state index in [1.54, 1.807) is 0 Å². The highest BCUT2D eigenvalue weighted by molar-refractivity contribution is 5.17. The van der Waals surface area contributed by atoms with Crippen LogP contribution in [0.1, 0.15) is 38.3 Å². The first-order valence-corrected chi connectivity index (χ1v) is 7.54. The molecule has 2 atom stereocenters. The van der Waals surface area contributed by atoms with Gasteiger partial charge in [-0.1, -0.05) is 13.3 Å². The second kappa shape index (κ2) is 7.43. The van der Waals surface area contributed by atoms with Crippen molar-refractivity contribution in [1.82, 2.24) is 9.97 Å². The lowest BCUT2D eigenvalue weighted by molar-refractivity contribution is 0.199. The largest absolute Gasteiger partial charge is 0.478 e. The van der Waals surface area contributed by atoms with Crippen molar-refractivity contribution < 1.29 is 9.47 Å². The van der Waals surface area contributed by atoms with Crippen LogP contribution in [-0.2, 0) is 0 Å². The Labute approximate surface area is 120 Å². The third kappa shape index (κ3) is 4.07. The topological polar surface area (TPSA) is 70.3 Å². The number of aryl methyl sites for hydroxylation is 1. The fraction of sp³-hybridized carbons (Fsp3) is 0.733. The number of rotatable bonds is 7. The lowest BCUT2D eigenvalue weighted by Crippen LogP contribution is -2.23. The third-order valence-electron chi connectivity index (χ3n) is 3.81. The minimum atomic E-state index is 0.416. The monoisotopic (exact) mass is 279 g/mol. The van der Waals surface area contributed by atoms with Crippen molar-refractivity contribution >= 4 is 0 Å². The van der Waals surface area contributed by atoms with Crippen molar-refractivity contribution in [3.05, 3.63) is 11.8 Å². The lowest BCUT2D eigenvalue weighted by Gasteiger charge is -2.17. The van der Waals surface area contributed by atoms with Crippen molar-refractivity contribution in [2.45, 2.75) is 39.5 Å². The Morgan fingerprint density at radius 3 is 2.80 bits per heavy atom. The molecule has 2 N–H and O–H groups in total. The average molecular weight is 279 g/mol. The minimum absolute atomic E-state index is 0.416. The van der Waals surface area contributed by atoms with E-state index >= 15 is 0 Å². The summed E-state index contributed by atoms with van der Waals surface area (Å²) in [5, 5.41) is 0. The molecule has 0 saturated heterocycles. The molecule has 1 saturated carbocycles. The number of ether oxygens (including phenoxy) is 2. The van der Waals surface area contributed by atoms with E-state index in [2.05, 4.69) is 16.9 Å². The maximum absolute atomic E-state index is 5.79. The Bertz CT molecular complexity index is 426. The molecule has 0 spiro atoms. The second-order valence-electron chi connectivity index (χ2n) is 5.48. The van der Waals surface area contributed by atoms with E-state index < -0.39 is 0 Å². The van der Waals surface area contributed by atoms with Crippen molar-refractivity contribution in [2.75, 3.05) is 19.8 Å². The molecule has 20 heavy (non-hydrogen) atoms. The van der Waals surface area contributed by atoms with Crippen molar-refractivity contribution in [2.24, 2.45) is 17.6 Å². The second-order valence-corrected chi connectivity index (χ2v) is 5.48. The molecule has 1 fully saturated rings. The highest BCUT2D eigenvalue weighted by Crippen LogP contribution is 2.31. The molecule has 1 aliphatic rings. The fourth-order valence-corrected chi connectivity index (χ4v) is 2.68. The Kier molecular flexibility index (Phi) is 5.59. The van der Waals surface area contributed by atoms with Gasteiger partial charge in [0.2, 0.25) is 5.88 Å². The smallest absolute Gasteiger partial charge is 0.319 e. The van der Waals surface area contributed by atoms with Gasteiger partial charge >= 0.3 is 6.01 Å². The maximum Gasteiger partial charge on any atom is 0.319 e. The molecule has 0 aromatic carbocycles. The van der Waals surface area contributed by atoms with Gasteiger partial charge in [-0.15, -0.1) is 0 Å². The molecule has 1 heterocycles. The van der Waals surface area contributed by atoms with E-state index in [9.17, 15) is 0 Å². The molecule has 2 unspecified atom stereocenters. The molecule has 0 radical (unpaired) electrons. The number of aromatic nitrogens is 2. The molecule has 2 rings (SSSR count). The highest BCUT2D eigenvalue weighted by Gasteiger charge is 2.26. The predicted molar refractivity (Wildman–Crippen MR) is 77.9 cm³/mol. The summed E-state index contributed by atoms with van der Waals surface area (Å²) in [5.41, 5.74) is 6.65. The molecule has 1 aromatic rings. The van der Waals surface area contributed by atoms with Crippen LogP contribution in [0.15, 0.2) is 6.07 Å². The standard InChI is InChI=1S/C15H25N3O2/c1-3-7-19-14-8-11(2)17-15(18-14)20-10-13-6-4-5-12(13)9-16/h8,12-13H,3-7,9-10,16H2,1-2H3. The van der Waals surface area contributed by atoms with Gasteiger partial charge in [0.15, 0.2) is 0 Å². The summed E-state index contributed by atoms with van der Waals surface area (Å²) in [4.78, 5) is 8.61. The van der Waals surface area contributed by atoms with Crippen LogP contribution in [0.2, 0.25) is 0 Å². The van der Waals surface area contributed by atoms with E-state index in [1.807, 2.05) is 13.0 Å². The molecule has 1 aliphatic carbocycles. The van der Waals surface area contributed by atoms with Crippen LogP contribution in [0.25, 0.3) is 0 Å². The van der Waals surface area contributed by atoms with E-state index in [0.29, 0.717) is 36.9 Å². The summed E-state index contributed by atoms with van der Waals surface area (Å²) in [7, 11) is 0. The molecule has 1 aromatic heterocycles. The maximum atomic E-state index is 5.79. The van der Waals surface area contributed by atoms with Gasteiger partial charge in [-0.3, -0.25) is 0 Å². The quantitative estimate of drug-likeness (QED) is 0.829. The molecule has 0 bridgehead atoms. The zero-order valence-electron chi connectivity index (χ0n) is 12.5. The van der Waals surface area contributed by atoms with Gasteiger partial charge in [0.25, 0.3) is 0 Å². The summed E-state index contributed by atoms with van der Waals surface area (Å²) in [6.07, 6.45) is 4.60. The number of hydrogen-bond acceptors (Lipinski definition) is 5. The van der Waals surface area contributed by atoms with Crippen LogP contribution in [0.3, 0.4) is 0 Å². The minimum Gasteiger partial charge on any atom is -0.478 e. The Balaban J connectivity index is 1.93. The predicted octanol–water partition coefficient (Wildman–Crippen LogP) is 2.33. The van der Waals surface area contributed by atoms with Crippen molar-refractivity contribution in [3.63, 3.8) is 0 Å². The summed E-state index contributed by atoms with van der Waals surface area (Å²) in [5.74, 6) is 1.70. The van der Waals surface area contributed by atoms with Gasteiger partial charge in [-0.05, 0) is 44.6 Å². The Morgan fingerprint density at radius 1 is 1.25 bits per heavy atom. The van der Waals surface area contributed by atoms with Gasteiger partial charge in [0, 0.05) is 11.8 Å². The van der Waals surface area contributed by atoms with E-state index in [4.69, 9.17) is 15.2 Å². The summed E-state index contributed by atoms with van der Waals surface area (Å²) in [6, 6.07) is 2.25. The highest BCUT2D eigenvalue weighted by atomic mass is 16.5. The molecule has 5 heteroatoms. The molecular weight excluding hydrogens is 254 g/mol. The van der Waals surface area contributed by atoms with Gasteiger partial charge in [0.1, 0.15) is 0 Å². The van der Waals surface area contributed by atoms with Crippen molar-refractivity contribution in [1.29, 1.82) is 0 Å². The molecular formula is C15H25N3O2. The van der Waals surface area contributed by atoms with Gasteiger partial charge in [0.05, 0.1) is 13.2 Å². The van der Waals surface area contributed by atoms with Crippen LogP contribution >= 0.6 is 0 Å². The first-order valence-electron chi connectivity index (χ1n) is 7.54. The molecule has 0 aliphatic heterocycles. The van der Waals surface area contributed by atoms with Crippen molar-refractivity contribution in [3.8, 4) is 11.9 Å². The first kappa shape index (κ1) is 15.0. The molecule has 0 amide bonds. The van der Waals surface area contributed by atoms with Gasteiger partial charge in [-0.25, -0.2) is 4.98 Å². The van der Waals surface area contributed by atoms with E-state index in [-0.39, 0.29) is 0 Å². The Hall–Kier alpha value is -1.36. The third-order valence-corrected chi connectivity index (χ3v) is 3.81. The summed E-state index contributed by atoms with van der Waals surface area (Å²) < 4.78 is 11.3. The van der Waals surface area contributed by atoms with E-state index in [1.165, 1.54) is 19.3 Å². The van der Waals surface area contributed by atoms with Crippen LogP contribution in [0.5, 0.6) is 11.9 Å². The summed E-state index contributed by atoms with van der Waals surface area (Å²) >= 11 is 0. The molecule has 5 nitrogen and oxygen atoms in total. The summed E-state index contributed by atoms with van der Waals surface area (Å²) in [6.45, 7) is 6.05. The van der Waals surface area contributed by atoms with Crippen LogP contribution < -0.4 is 15.2 Å². The van der Waals surface area contributed by atoms with Gasteiger partial charge in [-0.2, -0.15) is 4.98 Å².